The third-order valence-corrected chi connectivity index (χ3v) is 3.72. The summed E-state index contributed by atoms with van der Waals surface area (Å²) in [6.07, 6.45) is 5.74. The molecular weight excluding hydrogens is 261 g/mol. The molecule has 1 aromatic rings. The van der Waals surface area contributed by atoms with Crippen LogP contribution in [0, 0.1) is 12.7 Å². The third-order valence-electron chi connectivity index (χ3n) is 3.39. The number of unbranched alkanes of at least 4 members (excludes halogenated alkanes) is 2. The van der Waals surface area contributed by atoms with Gasteiger partial charge in [0.05, 0.1) is 0 Å². The molecule has 0 saturated heterocycles. The molecule has 19 heavy (non-hydrogen) atoms. The summed E-state index contributed by atoms with van der Waals surface area (Å²) >= 11 is 6.21. The van der Waals surface area contributed by atoms with Gasteiger partial charge in [0, 0.05) is 11.1 Å². The quantitative estimate of drug-likeness (QED) is 0.630. The minimum Gasteiger partial charge on any atom is -0.310 e. The lowest BCUT2D eigenvalue weighted by atomic mass is 9.98. The van der Waals surface area contributed by atoms with Crippen LogP contribution in [0.15, 0.2) is 12.1 Å². The molecule has 0 aliphatic heterocycles. The smallest absolute Gasteiger partial charge is 0.127 e. The molecule has 0 radical (unpaired) electrons. The zero-order valence-electron chi connectivity index (χ0n) is 12.2. The maximum atomic E-state index is 13.5. The number of hydrogen-bond acceptors (Lipinski definition) is 1. The summed E-state index contributed by atoms with van der Waals surface area (Å²) in [6, 6.07) is 3.56. The summed E-state index contributed by atoms with van der Waals surface area (Å²) in [6.45, 7) is 7.10. The van der Waals surface area contributed by atoms with Crippen molar-refractivity contribution in [1.29, 1.82) is 0 Å². The first-order valence-electron chi connectivity index (χ1n) is 7.29. The van der Waals surface area contributed by atoms with Gasteiger partial charge in [0.1, 0.15) is 5.82 Å². The molecular formula is C16H25ClFN. The van der Waals surface area contributed by atoms with Gasteiger partial charge < -0.3 is 5.32 Å². The minimum absolute atomic E-state index is 0.225. The van der Waals surface area contributed by atoms with E-state index < -0.39 is 0 Å². The molecule has 0 aliphatic carbocycles. The highest BCUT2D eigenvalue weighted by Gasteiger charge is 2.15. The average molecular weight is 286 g/mol. The summed E-state index contributed by atoms with van der Waals surface area (Å²) in [5.41, 5.74) is 1.70. The first-order chi connectivity index (χ1) is 9.10. The molecule has 1 atom stereocenters. The molecule has 0 aliphatic rings. The van der Waals surface area contributed by atoms with E-state index in [-0.39, 0.29) is 11.9 Å². The van der Waals surface area contributed by atoms with Crippen molar-refractivity contribution in [2.24, 2.45) is 0 Å². The number of rotatable bonds is 8. The van der Waals surface area contributed by atoms with Gasteiger partial charge in [0.25, 0.3) is 0 Å². The van der Waals surface area contributed by atoms with Crippen molar-refractivity contribution in [3.8, 4) is 0 Å². The Bertz CT molecular complexity index is 393. The fourth-order valence-electron chi connectivity index (χ4n) is 2.23. The third kappa shape index (κ3) is 5.12. The van der Waals surface area contributed by atoms with Gasteiger partial charge in [0.15, 0.2) is 0 Å². The Morgan fingerprint density at radius 3 is 2.58 bits per heavy atom. The van der Waals surface area contributed by atoms with E-state index in [2.05, 4.69) is 19.2 Å². The van der Waals surface area contributed by atoms with Crippen LogP contribution in [0.3, 0.4) is 0 Å². The normalized spacial score (nSPS) is 12.7. The van der Waals surface area contributed by atoms with Crippen LogP contribution in [0.25, 0.3) is 0 Å². The maximum Gasteiger partial charge on any atom is 0.127 e. The van der Waals surface area contributed by atoms with Crippen molar-refractivity contribution in [2.45, 2.75) is 58.9 Å². The lowest BCUT2D eigenvalue weighted by molar-refractivity contribution is 0.473. The van der Waals surface area contributed by atoms with E-state index in [1.165, 1.54) is 25.3 Å². The predicted octanol–water partition coefficient (Wildman–Crippen LogP) is 5.41. The van der Waals surface area contributed by atoms with Crippen molar-refractivity contribution in [2.75, 3.05) is 6.54 Å². The van der Waals surface area contributed by atoms with Gasteiger partial charge in [-0.2, -0.15) is 0 Å². The Kier molecular flexibility index (Phi) is 7.40. The van der Waals surface area contributed by atoms with Crippen molar-refractivity contribution >= 4 is 11.6 Å². The molecule has 0 aromatic heterocycles. The zero-order valence-corrected chi connectivity index (χ0v) is 13.0. The molecule has 1 aromatic carbocycles. The molecule has 0 amide bonds. The highest BCUT2D eigenvalue weighted by atomic mass is 35.5. The summed E-state index contributed by atoms with van der Waals surface area (Å²) in [4.78, 5) is 0. The first kappa shape index (κ1) is 16.5. The van der Waals surface area contributed by atoms with Crippen LogP contribution in [0.5, 0.6) is 0 Å². The summed E-state index contributed by atoms with van der Waals surface area (Å²) in [5.74, 6) is -0.225. The topological polar surface area (TPSA) is 12.0 Å². The number of benzene rings is 1. The molecule has 3 heteroatoms. The number of hydrogen-bond donors (Lipinski definition) is 1. The van der Waals surface area contributed by atoms with E-state index >= 15 is 0 Å². The Morgan fingerprint density at radius 2 is 1.95 bits per heavy atom. The maximum absolute atomic E-state index is 13.5. The molecule has 1 N–H and O–H groups in total. The molecule has 108 valence electrons. The monoisotopic (exact) mass is 285 g/mol. The standard InChI is InChI=1S/C16H25ClFN/c1-4-6-7-8-16(19-9-5-2)13-10-12(3)15(18)11-14(13)17/h10-11,16,19H,4-9H2,1-3H3. The average Bonchev–Trinajstić information content (AvgIpc) is 2.38. The van der Waals surface area contributed by atoms with Crippen molar-refractivity contribution in [3.63, 3.8) is 0 Å². The van der Waals surface area contributed by atoms with Crippen molar-refractivity contribution < 1.29 is 4.39 Å². The molecule has 0 spiro atoms. The Hall–Kier alpha value is -0.600. The van der Waals surface area contributed by atoms with Crippen LogP contribution in [-0.2, 0) is 0 Å². The molecule has 0 saturated carbocycles. The van der Waals surface area contributed by atoms with Crippen molar-refractivity contribution in [1.82, 2.24) is 5.32 Å². The van der Waals surface area contributed by atoms with Crippen LogP contribution in [-0.4, -0.2) is 6.54 Å². The predicted molar refractivity (Wildman–Crippen MR) is 81.3 cm³/mol. The van der Waals surface area contributed by atoms with E-state index in [0.717, 1.165) is 24.9 Å². The van der Waals surface area contributed by atoms with Crippen molar-refractivity contribution in [3.05, 3.63) is 34.1 Å². The van der Waals surface area contributed by atoms with Crippen LogP contribution < -0.4 is 5.32 Å². The number of halogens is 2. The van der Waals surface area contributed by atoms with Crippen LogP contribution in [0.4, 0.5) is 4.39 Å². The van der Waals surface area contributed by atoms with E-state index in [0.29, 0.717) is 10.6 Å². The lowest BCUT2D eigenvalue weighted by Crippen LogP contribution is -2.22. The van der Waals surface area contributed by atoms with Crippen LogP contribution >= 0.6 is 11.6 Å². The van der Waals surface area contributed by atoms with E-state index in [1.807, 2.05) is 6.07 Å². The molecule has 1 rings (SSSR count). The fourth-order valence-corrected chi connectivity index (χ4v) is 2.51. The number of aryl methyl sites for hydroxylation is 1. The van der Waals surface area contributed by atoms with Crippen LogP contribution in [0.1, 0.15) is 63.1 Å². The van der Waals surface area contributed by atoms with Gasteiger partial charge in [-0.05, 0) is 43.5 Å². The SMILES string of the molecule is CCCCCC(NCCC)c1cc(C)c(F)cc1Cl. The number of nitrogens with one attached hydrogen (secondary N) is 1. The van der Waals surface area contributed by atoms with Gasteiger partial charge in [-0.1, -0.05) is 50.8 Å². The second-order valence-electron chi connectivity index (χ2n) is 5.13. The largest absolute Gasteiger partial charge is 0.310 e. The fraction of sp³-hybridized carbons (Fsp3) is 0.625. The van der Waals surface area contributed by atoms with E-state index in [9.17, 15) is 4.39 Å². The van der Waals surface area contributed by atoms with E-state index in [4.69, 9.17) is 11.6 Å². The van der Waals surface area contributed by atoms with E-state index in [1.54, 1.807) is 6.92 Å². The zero-order chi connectivity index (χ0) is 14.3. The Balaban J connectivity index is 2.85. The molecule has 1 unspecified atom stereocenters. The summed E-state index contributed by atoms with van der Waals surface area (Å²) < 4.78 is 13.5. The molecule has 1 nitrogen and oxygen atoms in total. The molecule has 0 bridgehead atoms. The second-order valence-corrected chi connectivity index (χ2v) is 5.53. The highest BCUT2D eigenvalue weighted by Crippen LogP contribution is 2.29. The van der Waals surface area contributed by atoms with Gasteiger partial charge in [0.2, 0.25) is 0 Å². The molecule has 0 fully saturated rings. The van der Waals surface area contributed by atoms with Gasteiger partial charge in [-0.15, -0.1) is 0 Å². The minimum atomic E-state index is -0.225. The second kappa shape index (κ2) is 8.55. The first-order valence-corrected chi connectivity index (χ1v) is 7.66. The molecule has 0 heterocycles. The Morgan fingerprint density at radius 1 is 1.21 bits per heavy atom. The Labute approximate surface area is 121 Å². The van der Waals surface area contributed by atoms with Gasteiger partial charge in [-0.3, -0.25) is 0 Å². The summed E-state index contributed by atoms with van der Waals surface area (Å²) in [7, 11) is 0. The lowest BCUT2D eigenvalue weighted by Gasteiger charge is -2.21. The summed E-state index contributed by atoms with van der Waals surface area (Å²) in [5, 5.41) is 4.06. The van der Waals surface area contributed by atoms with Crippen LogP contribution in [0.2, 0.25) is 5.02 Å². The van der Waals surface area contributed by atoms with Gasteiger partial charge in [-0.25, -0.2) is 4.39 Å². The highest BCUT2D eigenvalue weighted by molar-refractivity contribution is 6.31. The van der Waals surface area contributed by atoms with Gasteiger partial charge >= 0.3 is 0 Å².